The molecule has 110 valence electrons. The van der Waals surface area contributed by atoms with E-state index in [0.29, 0.717) is 5.92 Å². The van der Waals surface area contributed by atoms with Crippen molar-refractivity contribution in [3.63, 3.8) is 0 Å². The number of benzene rings is 1. The lowest BCUT2D eigenvalue weighted by Gasteiger charge is -2.09. The van der Waals surface area contributed by atoms with Crippen LogP contribution in [0.25, 0.3) is 10.9 Å². The Balaban J connectivity index is 1.82. The molecule has 2 heterocycles. The summed E-state index contributed by atoms with van der Waals surface area (Å²) in [4.78, 5) is 5.44. The fraction of sp³-hybridized carbons (Fsp3) is 0.353. The fourth-order valence-corrected chi connectivity index (χ4v) is 3.16. The van der Waals surface area contributed by atoms with Crippen LogP contribution in [0.2, 0.25) is 0 Å². The Morgan fingerprint density at radius 3 is 2.95 bits per heavy atom. The van der Waals surface area contributed by atoms with Gasteiger partial charge in [0.15, 0.2) is 0 Å². The lowest BCUT2D eigenvalue weighted by atomic mass is 10.1. The van der Waals surface area contributed by atoms with Gasteiger partial charge in [0.25, 0.3) is 0 Å². The maximum absolute atomic E-state index is 4.15. The van der Waals surface area contributed by atoms with Crippen molar-refractivity contribution in [3.8, 4) is 0 Å². The molecule has 0 fully saturated rings. The van der Waals surface area contributed by atoms with Crippen molar-refractivity contribution < 1.29 is 0 Å². The van der Waals surface area contributed by atoms with Gasteiger partial charge in [-0.05, 0) is 30.2 Å². The molecule has 0 saturated heterocycles. The smallest absolute Gasteiger partial charge is 0.0794 e. The molecule has 1 N–H and O–H groups in total. The predicted octanol–water partition coefficient (Wildman–Crippen LogP) is 3.89. The van der Waals surface area contributed by atoms with Crippen molar-refractivity contribution in [2.45, 2.75) is 26.9 Å². The van der Waals surface area contributed by atoms with Crippen LogP contribution in [0.1, 0.15) is 24.3 Å². The Bertz CT molecular complexity index is 698. The number of fused-ring (bicyclic) bond motifs is 1. The maximum atomic E-state index is 4.15. The zero-order valence-electron chi connectivity index (χ0n) is 12.5. The average molecular weight is 299 g/mol. The predicted molar refractivity (Wildman–Crippen MR) is 89.7 cm³/mol. The van der Waals surface area contributed by atoms with Gasteiger partial charge < -0.3 is 9.88 Å². The lowest BCUT2D eigenvalue weighted by molar-refractivity contribution is 0.553. The van der Waals surface area contributed by atoms with Gasteiger partial charge in [0.05, 0.1) is 12.1 Å². The van der Waals surface area contributed by atoms with Gasteiger partial charge in [-0.3, -0.25) is 4.98 Å². The molecule has 0 spiro atoms. The Morgan fingerprint density at radius 1 is 1.29 bits per heavy atom. The number of thiazole rings is 1. The Labute approximate surface area is 129 Å². The molecule has 1 aromatic carbocycles. The third kappa shape index (κ3) is 3.34. The zero-order valence-corrected chi connectivity index (χ0v) is 13.4. The summed E-state index contributed by atoms with van der Waals surface area (Å²) in [6.45, 7) is 7.35. The van der Waals surface area contributed by atoms with Crippen molar-refractivity contribution in [2.75, 3.05) is 6.54 Å². The molecule has 0 unspecified atom stereocenters. The van der Waals surface area contributed by atoms with E-state index in [-0.39, 0.29) is 0 Å². The summed E-state index contributed by atoms with van der Waals surface area (Å²) in [7, 11) is 0. The first kappa shape index (κ1) is 14.3. The molecule has 0 aliphatic rings. The molecule has 0 aliphatic heterocycles. The summed E-state index contributed by atoms with van der Waals surface area (Å²) in [5.74, 6) is 0.681. The number of rotatable bonds is 6. The van der Waals surface area contributed by atoms with Gasteiger partial charge in [-0.25, -0.2) is 0 Å². The van der Waals surface area contributed by atoms with Gasteiger partial charge >= 0.3 is 0 Å². The van der Waals surface area contributed by atoms with E-state index in [0.717, 1.165) is 19.6 Å². The molecular weight excluding hydrogens is 278 g/mol. The van der Waals surface area contributed by atoms with Crippen LogP contribution in [0.5, 0.6) is 0 Å². The maximum Gasteiger partial charge on any atom is 0.0794 e. The number of hydrogen-bond donors (Lipinski definition) is 1. The van der Waals surface area contributed by atoms with E-state index in [4.69, 9.17) is 0 Å². The summed E-state index contributed by atoms with van der Waals surface area (Å²) in [5.41, 5.74) is 4.56. The Kier molecular flexibility index (Phi) is 4.36. The highest BCUT2D eigenvalue weighted by Crippen LogP contribution is 2.22. The minimum absolute atomic E-state index is 0.681. The molecule has 0 atom stereocenters. The quantitative estimate of drug-likeness (QED) is 0.748. The average Bonchev–Trinajstić information content (AvgIpc) is 3.10. The van der Waals surface area contributed by atoms with Crippen molar-refractivity contribution in [3.05, 3.63) is 52.6 Å². The molecule has 0 aliphatic carbocycles. The third-order valence-electron chi connectivity index (χ3n) is 3.58. The second-order valence-corrected chi connectivity index (χ2v) is 6.76. The normalized spacial score (nSPS) is 11.6. The second kappa shape index (κ2) is 6.41. The summed E-state index contributed by atoms with van der Waals surface area (Å²) in [6.07, 6.45) is 4.13. The Hall–Kier alpha value is -1.65. The van der Waals surface area contributed by atoms with Crippen LogP contribution in [0, 0.1) is 5.92 Å². The molecule has 2 aromatic heterocycles. The first-order chi connectivity index (χ1) is 10.2. The van der Waals surface area contributed by atoms with E-state index in [1.807, 2.05) is 11.7 Å². The van der Waals surface area contributed by atoms with Crippen LogP contribution in [-0.2, 0) is 13.1 Å². The van der Waals surface area contributed by atoms with Crippen LogP contribution >= 0.6 is 11.3 Å². The molecule has 3 aromatic rings. The van der Waals surface area contributed by atoms with Crippen molar-refractivity contribution >= 4 is 22.2 Å². The van der Waals surface area contributed by atoms with E-state index in [1.54, 1.807) is 11.3 Å². The molecule has 0 saturated carbocycles. The standard InChI is InChI=1S/C17H21N3S/c1-13(2)8-18-9-14-4-3-5-17-16(14)6-7-20(17)11-15-10-19-12-21-15/h3-7,10,12-13,18H,8-9,11H2,1-2H3. The molecule has 4 heteroatoms. The van der Waals surface area contributed by atoms with Gasteiger partial charge in [0.1, 0.15) is 0 Å². The highest BCUT2D eigenvalue weighted by molar-refractivity contribution is 7.09. The number of hydrogen-bond acceptors (Lipinski definition) is 3. The topological polar surface area (TPSA) is 29.9 Å². The van der Waals surface area contributed by atoms with Crippen molar-refractivity contribution in [2.24, 2.45) is 5.92 Å². The number of aromatic nitrogens is 2. The van der Waals surface area contributed by atoms with E-state index in [1.165, 1.54) is 21.3 Å². The second-order valence-electron chi connectivity index (χ2n) is 5.79. The van der Waals surface area contributed by atoms with Gasteiger partial charge in [-0.1, -0.05) is 26.0 Å². The summed E-state index contributed by atoms with van der Waals surface area (Å²) < 4.78 is 2.30. The molecule has 3 nitrogen and oxygen atoms in total. The molecule has 0 radical (unpaired) electrons. The largest absolute Gasteiger partial charge is 0.342 e. The minimum Gasteiger partial charge on any atom is -0.342 e. The highest BCUT2D eigenvalue weighted by Gasteiger charge is 2.06. The van der Waals surface area contributed by atoms with Crippen LogP contribution in [0.3, 0.4) is 0 Å². The van der Waals surface area contributed by atoms with Gasteiger partial charge in [0, 0.05) is 34.7 Å². The number of nitrogens with one attached hydrogen (secondary N) is 1. The number of nitrogens with zero attached hydrogens (tertiary/aromatic N) is 2. The monoisotopic (exact) mass is 299 g/mol. The SMILES string of the molecule is CC(C)CNCc1cccc2c1ccn2Cc1cncs1. The summed E-state index contributed by atoms with van der Waals surface area (Å²) in [5, 5.41) is 4.88. The van der Waals surface area contributed by atoms with E-state index in [9.17, 15) is 0 Å². The highest BCUT2D eigenvalue weighted by atomic mass is 32.1. The lowest BCUT2D eigenvalue weighted by Crippen LogP contribution is -2.19. The van der Waals surface area contributed by atoms with E-state index >= 15 is 0 Å². The van der Waals surface area contributed by atoms with E-state index < -0.39 is 0 Å². The molecule has 0 amide bonds. The van der Waals surface area contributed by atoms with Gasteiger partial charge in [0.2, 0.25) is 0 Å². The summed E-state index contributed by atoms with van der Waals surface area (Å²) in [6, 6.07) is 8.79. The van der Waals surface area contributed by atoms with Crippen molar-refractivity contribution in [1.82, 2.24) is 14.9 Å². The molecule has 0 bridgehead atoms. The van der Waals surface area contributed by atoms with Crippen molar-refractivity contribution in [1.29, 1.82) is 0 Å². The zero-order chi connectivity index (χ0) is 14.7. The first-order valence-corrected chi connectivity index (χ1v) is 8.27. The fourth-order valence-electron chi connectivity index (χ4n) is 2.56. The third-order valence-corrected chi connectivity index (χ3v) is 4.35. The van der Waals surface area contributed by atoms with E-state index in [2.05, 4.69) is 59.2 Å². The van der Waals surface area contributed by atoms with Gasteiger partial charge in [-0.2, -0.15) is 0 Å². The van der Waals surface area contributed by atoms with Crippen LogP contribution in [0.15, 0.2) is 42.2 Å². The van der Waals surface area contributed by atoms with Gasteiger partial charge in [-0.15, -0.1) is 11.3 Å². The van der Waals surface area contributed by atoms with Crippen LogP contribution in [0.4, 0.5) is 0 Å². The van der Waals surface area contributed by atoms with Crippen LogP contribution < -0.4 is 5.32 Å². The minimum atomic E-state index is 0.681. The first-order valence-electron chi connectivity index (χ1n) is 7.39. The van der Waals surface area contributed by atoms with Crippen LogP contribution in [-0.4, -0.2) is 16.1 Å². The molecule has 21 heavy (non-hydrogen) atoms. The molecular formula is C17H21N3S. The Morgan fingerprint density at radius 2 is 2.19 bits per heavy atom. The summed E-state index contributed by atoms with van der Waals surface area (Å²) >= 11 is 1.71. The molecule has 3 rings (SSSR count).